The number of carbonyl (C=O) groups is 1. The molecule has 8 heteroatoms. The highest BCUT2D eigenvalue weighted by molar-refractivity contribution is 7.87. The predicted octanol–water partition coefficient (Wildman–Crippen LogP) is 1.10. The molecule has 0 saturated carbocycles. The second kappa shape index (κ2) is 5.44. The van der Waals surface area contributed by atoms with Gasteiger partial charge in [-0.3, -0.25) is 4.79 Å². The molecule has 1 aromatic heterocycles. The van der Waals surface area contributed by atoms with Crippen LogP contribution in [0.3, 0.4) is 0 Å². The van der Waals surface area contributed by atoms with E-state index in [0.717, 1.165) is 15.4 Å². The number of carbonyl (C=O) groups excluding carboxylic acids is 1. The third kappa shape index (κ3) is 2.73. The number of aryl methyl sites for hydroxylation is 1. The first-order valence-corrected chi connectivity index (χ1v) is 8.52. The fourth-order valence-corrected chi connectivity index (χ4v) is 4.41. The summed E-state index contributed by atoms with van der Waals surface area (Å²) in [7, 11) is -1.94. The van der Waals surface area contributed by atoms with Gasteiger partial charge < -0.3 is 5.32 Å². The first-order valence-electron chi connectivity index (χ1n) is 6.31. The fourth-order valence-electron chi connectivity index (χ4n) is 2.03. The van der Waals surface area contributed by atoms with Crippen molar-refractivity contribution in [3.05, 3.63) is 16.0 Å². The molecule has 0 radical (unpaired) electrons. The lowest BCUT2D eigenvalue weighted by atomic mass is 10.2. The molecule has 112 valence electrons. The molecule has 0 aromatic carbocycles. The number of anilines is 1. The number of nitrogens with zero attached hydrogens (tertiary/aromatic N) is 2. The van der Waals surface area contributed by atoms with Gasteiger partial charge in [0.2, 0.25) is 5.91 Å². The molecule has 0 spiro atoms. The molecule has 0 atom stereocenters. The van der Waals surface area contributed by atoms with Crippen LogP contribution in [0.25, 0.3) is 0 Å². The predicted molar refractivity (Wildman–Crippen MR) is 80.3 cm³/mol. The molecular formula is C12H19N3O3S2. The van der Waals surface area contributed by atoms with E-state index in [0.29, 0.717) is 13.1 Å². The van der Waals surface area contributed by atoms with Crippen molar-refractivity contribution in [2.45, 2.75) is 20.8 Å². The van der Waals surface area contributed by atoms with Crippen molar-refractivity contribution in [2.24, 2.45) is 0 Å². The van der Waals surface area contributed by atoms with Crippen LogP contribution in [0.4, 0.5) is 5.00 Å². The van der Waals surface area contributed by atoms with Gasteiger partial charge in [-0.2, -0.15) is 17.0 Å². The number of amides is 1. The number of likely N-dealkylation sites (N-methyl/N-ethyl adjacent to an activating group) is 1. The summed E-state index contributed by atoms with van der Waals surface area (Å²) < 4.78 is 26.2. The minimum absolute atomic E-state index is 0.137. The van der Waals surface area contributed by atoms with Gasteiger partial charge in [-0.1, -0.05) is 0 Å². The highest BCUT2D eigenvalue weighted by Gasteiger charge is 2.34. The van der Waals surface area contributed by atoms with Gasteiger partial charge >= 0.3 is 0 Å². The number of thiophene rings is 1. The zero-order valence-corrected chi connectivity index (χ0v) is 13.7. The van der Waals surface area contributed by atoms with Crippen LogP contribution < -0.4 is 5.32 Å². The maximum Gasteiger partial charge on any atom is 0.282 e. The maximum atomic E-state index is 12.0. The fraction of sp³-hybridized carbons (Fsp3) is 0.583. The third-order valence-electron chi connectivity index (χ3n) is 3.64. The Hall–Kier alpha value is -0.960. The molecule has 0 aliphatic carbocycles. The van der Waals surface area contributed by atoms with Crippen molar-refractivity contribution < 1.29 is 13.2 Å². The van der Waals surface area contributed by atoms with E-state index in [4.69, 9.17) is 0 Å². The first kappa shape index (κ1) is 15.4. The van der Waals surface area contributed by atoms with Crippen LogP contribution in [0.2, 0.25) is 0 Å². The van der Waals surface area contributed by atoms with E-state index in [2.05, 4.69) is 5.32 Å². The van der Waals surface area contributed by atoms with Gasteiger partial charge in [0.05, 0.1) is 11.5 Å². The Bertz CT molecular complexity index is 637. The second-order valence-corrected chi connectivity index (χ2v) is 8.21. The Labute approximate surface area is 123 Å². The molecule has 2 rings (SSSR count). The van der Waals surface area contributed by atoms with E-state index in [1.807, 2.05) is 20.8 Å². The highest BCUT2D eigenvalue weighted by Crippen LogP contribution is 2.31. The summed E-state index contributed by atoms with van der Waals surface area (Å²) >= 11 is 1.52. The van der Waals surface area contributed by atoms with Gasteiger partial charge in [0.15, 0.2) is 0 Å². The monoisotopic (exact) mass is 317 g/mol. The lowest BCUT2D eigenvalue weighted by molar-refractivity contribution is -0.116. The molecule has 0 bridgehead atoms. The molecular weight excluding hydrogens is 298 g/mol. The van der Waals surface area contributed by atoms with Crippen LogP contribution in [0.1, 0.15) is 16.0 Å². The minimum atomic E-state index is -3.46. The van der Waals surface area contributed by atoms with Crippen LogP contribution in [-0.2, 0) is 15.0 Å². The van der Waals surface area contributed by atoms with Gasteiger partial charge in [-0.25, -0.2) is 0 Å². The average molecular weight is 317 g/mol. The molecule has 0 unspecified atom stereocenters. The molecule has 1 aliphatic rings. The van der Waals surface area contributed by atoms with E-state index >= 15 is 0 Å². The Morgan fingerprint density at radius 1 is 1.25 bits per heavy atom. The van der Waals surface area contributed by atoms with Gasteiger partial charge in [-0.05, 0) is 31.9 Å². The smallest absolute Gasteiger partial charge is 0.282 e. The van der Waals surface area contributed by atoms with E-state index in [-0.39, 0.29) is 12.5 Å². The summed E-state index contributed by atoms with van der Waals surface area (Å²) in [6.07, 6.45) is 0. The van der Waals surface area contributed by atoms with Crippen LogP contribution in [0.15, 0.2) is 0 Å². The quantitative estimate of drug-likeness (QED) is 0.908. The lowest BCUT2D eigenvalue weighted by Crippen LogP contribution is -2.36. The molecule has 20 heavy (non-hydrogen) atoms. The summed E-state index contributed by atoms with van der Waals surface area (Å²) in [4.78, 5) is 13.2. The molecule has 1 saturated heterocycles. The van der Waals surface area contributed by atoms with E-state index in [1.165, 1.54) is 32.6 Å². The van der Waals surface area contributed by atoms with Gasteiger partial charge in [-0.15, -0.1) is 11.3 Å². The summed E-state index contributed by atoms with van der Waals surface area (Å²) in [6.45, 7) is 6.61. The maximum absolute atomic E-state index is 12.0. The van der Waals surface area contributed by atoms with Crippen molar-refractivity contribution in [3.8, 4) is 0 Å². The van der Waals surface area contributed by atoms with Crippen molar-refractivity contribution >= 4 is 32.5 Å². The second-order valence-electron chi connectivity index (χ2n) is 4.95. The van der Waals surface area contributed by atoms with Crippen molar-refractivity contribution in [2.75, 3.05) is 32.0 Å². The highest BCUT2D eigenvalue weighted by atomic mass is 32.2. The van der Waals surface area contributed by atoms with Crippen molar-refractivity contribution in [3.63, 3.8) is 0 Å². The van der Waals surface area contributed by atoms with E-state index < -0.39 is 10.2 Å². The van der Waals surface area contributed by atoms with Gasteiger partial charge in [0, 0.05) is 25.0 Å². The molecule has 1 N–H and O–H groups in total. The summed E-state index contributed by atoms with van der Waals surface area (Å²) in [5.41, 5.74) is 2.21. The molecule has 1 fully saturated rings. The first-order chi connectivity index (χ1) is 9.23. The molecule has 1 amide bonds. The van der Waals surface area contributed by atoms with Gasteiger partial charge in [0.1, 0.15) is 0 Å². The molecule has 6 nitrogen and oxygen atoms in total. The Kier molecular flexibility index (Phi) is 4.19. The zero-order valence-electron chi connectivity index (χ0n) is 12.1. The van der Waals surface area contributed by atoms with Crippen molar-refractivity contribution in [1.82, 2.24) is 8.61 Å². The minimum Gasteiger partial charge on any atom is -0.316 e. The van der Waals surface area contributed by atoms with Crippen LogP contribution >= 0.6 is 11.3 Å². The summed E-state index contributed by atoms with van der Waals surface area (Å²) in [6, 6.07) is 0. The average Bonchev–Trinajstić information content (AvgIpc) is 2.75. The number of rotatable bonds is 3. The van der Waals surface area contributed by atoms with Crippen LogP contribution in [0.5, 0.6) is 0 Å². The Morgan fingerprint density at radius 2 is 1.90 bits per heavy atom. The molecule has 1 aliphatic heterocycles. The van der Waals surface area contributed by atoms with Gasteiger partial charge in [0.25, 0.3) is 10.2 Å². The Balaban J connectivity index is 2.05. The lowest BCUT2D eigenvalue weighted by Gasteiger charge is -2.15. The normalized spacial score (nSPS) is 19.4. The Morgan fingerprint density at radius 3 is 2.35 bits per heavy atom. The SMILES string of the molecule is Cc1sc(NC(=O)CN2CCN(C)S2(=O)=O)c(C)c1C. The number of hydrogen-bond donors (Lipinski definition) is 1. The largest absolute Gasteiger partial charge is 0.316 e. The van der Waals surface area contributed by atoms with Crippen LogP contribution in [0, 0.1) is 20.8 Å². The van der Waals surface area contributed by atoms with Crippen molar-refractivity contribution in [1.29, 1.82) is 0 Å². The zero-order chi connectivity index (χ0) is 15.1. The number of nitrogens with one attached hydrogen (secondary N) is 1. The number of hydrogen-bond acceptors (Lipinski definition) is 4. The molecule has 1 aromatic rings. The topological polar surface area (TPSA) is 69.7 Å². The van der Waals surface area contributed by atoms with Crippen LogP contribution in [-0.4, -0.2) is 49.6 Å². The van der Waals surface area contributed by atoms with E-state index in [9.17, 15) is 13.2 Å². The summed E-state index contributed by atoms with van der Waals surface area (Å²) in [5.74, 6) is -0.298. The standard InChI is InChI=1S/C12H19N3O3S2/c1-8-9(2)12(19-10(8)3)13-11(16)7-15-6-5-14(4)20(15,17)18/h5-7H2,1-4H3,(H,13,16). The summed E-state index contributed by atoms with van der Waals surface area (Å²) in [5, 5.41) is 3.61. The molecule has 2 heterocycles. The van der Waals surface area contributed by atoms with E-state index in [1.54, 1.807) is 0 Å². The third-order valence-corrected chi connectivity index (χ3v) is 6.80.